The van der Waals surface area contributed by atoms with Crippen LogP contribution in [-0.4, -0.2) is 23.6 Å². The monoisotopic (exact) mass is 304 g/mol. The molecule has 0 bridgehead atoms. The number of rotatable bonds is 3. The van der Waals surface area contributed by atoms with Gasteiger partial charge in [-0.05, 0) is 31.4 Å². The summed E-state index contributed by atoms with van der Waals surface area (Å²) in [5.41, 5.74) is 4.78. The third kappa shape index (κ3) is 3.08. The van der Waals surface area contributed by atoms with Gasteiger partial charge in [-0.1, -0.05) is 39.0 Å². The smallest absolute Gasteiger partial charge is 0.405 e. The van der Waals surface area contributed by atoms with Crippen LogP contribution in [0.5, 0.6) is 0 Å². The van der Waals surface area contributed by atoms with Gasteiger partial charge in [-0.3, -0.25) is 4.79 Å². The lowest BCUT2D eigenvalue weighted by Crippen LogP contribution is -2.59. The summed E-state index contributed by atoms with van der Waals surface area (Å²) >= 11 is 0. The molecule has 2 rings (SSSR count). The Hall–Kier alpha value is -2.04. The van der Waals surface area contributed by atoms with Crippen molar-refractivity contribution in [3.05, 3.63) is 35.9 Å². The van der Waals surface area contributed by atoms with Crippen LogP contribution in [0.4, 0.5) is 4.79 Å². The van der Waals surface area contributed by atoms with E-state index >= 15 is 0 Å². The van der Waals surface area contributed by atoms with E-state index in [1.54, 1.807) is 12.1 Å². The van der Waals surface area contributed by atoms with E-state index in [1.807, 2.05) is 39.0 Å². The first-order valence-electron chi connectivity index (χ1n) is 7.61. The fourth-order valence-electron chi connectivity index (χ4n) is 3.35. The molecule has 0 spiro atoms. The number of amides is 2. The molecular formula is C17H24N2O3. The summed E-state index contributed by atoms with van der Waals surface area (Å²) in [4.78, 5) is 23.8. The number of primary amides is 1. The van der Waals surface area contributed by atoms with Gasteiger partial charge in [0, 0.05) is 11.0 Å². The molecule has 22 heavy (non-hydrogen) atoms. The summed E-state index contributed by atoms with van der Waals surface area (Å²) in [6, 6.07) is 8.78. The number of hydrogen-bond donors (Lipinski definition) is 2. The molecule has 1 aliphatic rings. The molecule has 1 aromatic rings. The lowest BCUT2D eigenvalue weighted by Gasteiger charge is -2.45. The fourth-order valence-corrected chi connectivity index (χ4v) is 3.35. The van der Waals surface area contributed by atoms with Crippen LogP contribution in [0.2, 0.25) is 0 Å². The highest BCUT2D eigenvalue weighted by molar-refractivity contribution is 5.94. The van der Waals surface area contributed by atoms with E-state index in [1.165, 1.54) is 0 Å². The second-order valence-electron chi connectivity index (χ2n) is 6.84. The van der Waals surface area contributed by atoms with E-state index in [0.29, 0.717) is 12.0 Å². The third-order valence-corrected chi connectivity index (χ3v) is 4.50. The predicted molar refractivity (Wildman–Crippen MR) is 84.4 cm³/mol. The molecule has 5 heteroatoms. The lowest BCUT2D eigenvalue weighted by molar-refractivity contribution is -0.0758. The number of benzene rings is 1. The average Bonchev–Trinajstić information content (AvgIpc) is 2.82. The van der Waals surface area contributed by atoms with Gasteiger partial charge in [0.05, 0.1) is 6.04 Å². The third-order valence-electron chi connectivity index (χ3n) is 4.50. The van der Waals surface area contributed by atoms with Gasteiger partial charge in [0.15, 0.2) is 0 Å². The van der Waals surface area contributed by atoms with E-state index < -0.39 is 11.7 Å². The summed E-state index contributed by atoms with van der Waals surface area (Å²) in [5, 5.41) is 3.03. The van der Waals surface area contributed by atoms with Crippen molar-refractivity contribution in [1.29, 1.82) is 0 Å². The molecule has 1 aliphatic carbocycles. The van der Waals surface area contributed by atoms with Crippen molar-refractivity contribution in [3.63, 3.8) is 0 Å². The Morgan fingerprint density at radius 2 is 1.91 bits per heavy atom. The van der Waals surface area contributed by atoms with Crippen LogP contribution in [0.3, 0.4) is 0 Å². The topological polar surface area (TPSA) is 81.4 Å². The molecule has 3 N–H and O–H groups in total. The van der Waals surface area contributed by atoms with Gasteiger partial charge in [-0.25, -0.2) is 4.79 Å². The van der Waals surface area contributed by atoms with Crippen molar-refractivity contribution in [2.24, 2.45) is 11.1 Å². The molecular weight excluding hydrogens is 280 g/mol. The summed E-state index contributed by atoms with van der Waals surface area (Å²) in [5.74, 6) is -0.158. The summed E-state index contributed by atoms with van der Waals surface area (Å²) in [6.45, 7) is 6.01. The minimum Gasteiger partial charge on any atom is -0.440 e. The Morgan fingerprint density at radius 1 is 1.27 bits per heavy atom. The first-order valence-corrected chi connectivity index (χ1v) is 7.61. The van der Waals surface area contributed by atoms with Crippen molar-refractivity contribution in [2.45, 2.75) is 51.7 Å². The Labute approximate surface area is 131 Å². The summed E-state index contributed by atoms with van der Waals surface area (Å²) in [6.07, 6.45) is 1.54. The maximum Gasteiger partial charge on any atom is 0.405 e. The predicted octanol–water partition coefficient (Wildman–Crippen LogP) is 2.85. The maximum absolute atomic E-state index is 12.4. The fraction of sp³-hybridized carbons (Fsp3) is 0.529. The zero-order chi connectivity index (χ0) is 16.4. The maximum atomic E-state index is 12.4. The van der Waals surface area contributed by atoms with Crippen molar-refractivity contribution in [3.8, 4) is 0 Å². The van der Waals surface area contributed by atoms with Crippen molar-refractivity contribution in [2.75, 3.05) is 0 Å². The summed E-state index contributed by atoms with van der Waals surface area (Å²) in [7, 11) is 0. The Morgan fingerprint density at radius 3 is 2.45 bits per heavy atom. The number of ether oxygens (including phenoxy) is 1. The molecule has 5 nitrogen and oxygen atoms in total. The van der Waals surface area contributed by atoms with Crippen LogP contribution >= 0.6 is 0 Å². The molecule has 1 fully saturated rings. The summed E-state index contributed by atoms with van der Waals surface area (Å²) < 4.78 is 5.54. The number of carbonyl (C=O) groups is 2. The Bertz CT molecular complexity index is 551. The van der Waals surface area contributed by atoms with E-state index in [-0.39, 0.29) is 17.4 Å². The average molecular weight is 304 g/mol. The van der Waals surface area contributed by atoms with Crippen LogP contribution in [0.1, 0.15) is 50.4 Å². The molecule has 0 saturated heterocycles. The van der Waals surface area contributed by atoms with Gasteiger partial charge in [0.1, 0.15) is 5.60 Å². The van der Waals surface area contributed by atoms with Crippen LogP contribution in [0.15, 0.2) is 30.3 Å². The highest BCUT2D eigenvalue weighted by atomic mass is 16.6. The molecule has 1 saturated carbocycles. The molecule has 1 aromatic carbocycles. The first kappa shape index (κ1) is 16.3. The van der Waals surface area contributed by atoms with Crippen molar-refractivity contribution >= 4 is 12.0 Å². The molecule has 120 valence electrons. The zero-order valence-corrected chi connectivity index (χ0v) is 13.4. The van der Waals surface area contributed by atoms with E-state index in [9.17, 15) is 9.59 Å². The van der Waals surface area contributed by atoms with Gasteiger partial charge in [-0.15, -0.1) is 0 Å². The quantitative estimate of drug-likeness (QED) is 0.901. The largest absolute Gasteiger partial charge is 0.440 e. The second kappa shape index (κ2) is 5.99. The van der Waals surface area contributed by atoms with Crippen molar-refractivity contribution in [1.82, 2.24) is 5.32 Å². The molecule has 2 atom stereocenters. The van der Waals surface area contributed by atoms with E-state index in [4.69, 9.17) is 10.5 Å². The van der Waals surface area contributed by atoms with Gasteiger partial charge < -0.3 is 15.8 Å². The number of nitrogens with two attached hydrogens (primary N) is 1. The Balaban J connectivity index is 2.24. The standard InChI is InChI=1S/C17H24N2O3/c1-16(2,3)17(22-15(18)21)11-7-10-13(17)19-14(20)12-8-5-4-6-9-12/h4-6,8-9,13H,7,10-11H2,1-3H3,(H2,18,21)(H,19,20). The first-order chi connectivity index (χ1) is 10.3. The van der Waals surface area contributed by atoms with Crippen molar-refractivity contribution < 1.29 is 14.3 Å². The van der Waals surface area contributed by atoms with Crippen LogP contribution < -0.4 is 11.1 Å². The molecule has 2 amide bonds. The minimum absolute atomic E-state index is 0.158. The lowest BCUT2D eigenvalue weighted by atomic mass is 9.72. The molecule has 0 aromatic heterocycles. The SMILES string of the molecule is CC(C)(C)C1(OC(N)=O)CCCC1NC(=O)c1ccccc1. The van der Waals surface area contributed by atoms with Crippen LogP contribution in [0.25, 0.3) is 0 Å². The molecule has 0 heterocycles. The second-order valence-corrected chi connectivity index (χ2v) is 6.84. The number of carbonyl (C=O) groups excluding carboxylic acids is 2. The van der Waals surface area contributed by atoms with Gasteiger partial charge in [-0.2, -0.15) is 0 Å². The number of hydrogen-bond acceptors (Lipinski definition) is 3. The van der Waals surface area contributed by atoms with E-state index in [2.05, 4.69) is 5.32 Å². The Kier molecular flexibility index (Phi) is 4.44. The van der Waals surface area contributed by atoms with Crippen LogP contribution in [-0.2, 0) is 4.74 Å². The van der Waals surface area contributed by atoms with Gasteiger partial charge in [0.25, 0.3) is 5.91 Å². The normalized spacial score (nSPS) is 24.8. The highest BCUT2D eigenvalue weighted by Crippen LogP contribution is 2.46. The van der Waals surface area contributed by atoms with Crippen LogP contribution in [0, 0.1) is 5.41 Å². The molecule has 0 aliphatic heterocycles. The van der Waals surface area contributed by atoms with E-state index in [0.717, 1.165) is 12.8 Å². The highest BCUT2D eigenvalue weighted by Gasteiger charge is 2.54. The van der Waals surface area contributed by atoms with Gasteiger partial charge >= 0.3 is 6.09 Å². The molecule has 2 unspecified atom stereocenters. The minimum atomic E-state index is -0.796. The van der Waals surface area contributed by atoms with Gasteiger partial charge in [0.2, 0.25) is 0 Å². The zero-order valence-electron chi connectivity index (χ0n) is 13.4. The molecule has 0 radical (unpaired) electrons. The number of nitrogens with one attached hydrogen (secondary N) is 1.